The molecule has 120 valence electrons. The van der Waals surface area contributed by atoms with E-state index in [2.05, 4.69) is 12.1 Å². The van der Waals surface area contributed by atoms with Crippen molar-refractivity contribution in [3.8, 4) is 11.5 Å². The molecular formula is C19H20O4. The van der Waals surface area contributed by atoms with Crippen molar-refractivity contribution in [1.29, 1.82) is 0 Å². The summed E-state index contributed by atoms with van der Waals surface area (Å²) in [5.74, 6) is 0.274. The first kappa shape index (κ1) is 16.6. The van der Waals surface area contributed by atoms with Gasteiger partial charge in [0.25, 0.3) is 0 Å². The number of carboxylic acid groups (broad SMARTS) is 1. The lowest BCUT2D eigenvalue weighted by molar-refractivity contribution is -0.131. The molecule has 0 atom stereocenters. The van der Waals surface area contributed by atoms with Gasteiger partial charge in [-0.05, 0) is 42.2 Å². The molecule has 0 unspecified atom stereocenters. The maximum atomic E-state index is 10.6. The molecule has 1 N–H and O–H groups in total. The van der Waals surface area contributed by atoms with E-state index in [0.29, 0.717) is 18.1 Å². The van der Waals surface area contributed by atoms with Crippen LogP contribution in [0, 0.1) is 0 Å². The van der Waals surface area contributed by atoms with Gasteiger partial charge in [0, 0.05) is 6.08 Å². The van der Waals surface area contributed by atoms with Crippen LogP contribution >= 0.6 is 0 Å². The normalized spacial score (nSPS) is 10.7. The van der Waals surface area contributed by atoms with Crippen LogP contribution < -0.4 is 9.47 Å². The Hall–Kier alpha value is -2.75. The molecule has 2 aromatic carbocycles. The lowest BCUT2D eigenvalue weighted by Gasteiger charge is -2.11. The quantitative estimate of drug-likeness (QED) is 0.595. The Morgan fingerprint density at radius 3 is 2.61 bits per heavy atom. The van der Waals surface area contributed by atoms with Gasteiger partial charge in [0.15, 0.2) is 11.5 Å². The van der Waals surface area contributed by atoms with E-state index in [1.165, 1.54) is 11.6 Å². The van der Waals surface area contributed by atoms with E-state index in [4.69, 9.17) is 14.6 Å². The molecule has 2 aromatic rings. The molecule has 0 aliphatic rings. The predicted molar refractivity (Wildman–Crippen MR) is 89.9 cm³/mol. The molecule has 0 fully saturated rings. The van der Waals surface area contributed by atoms with E-state index in [1.807, 2.05) is 18.2 Å². The van der Waals surface area contributed by atoms with Crippen molar-refractivity contribution in [2.75, 3.05) is 13.7 Å². The second kappa shape index (κ2) is 8.63. The average Bonchev–Trinajstić information content (AvgIpc) is 2.58. The molecule has 4 heteroatoms. The van der Waals surface area contributed by atoms with Gasteiger partial charge in [0.05, 0.1) is 13.7 Å². The highest BCUT2D eigenvalue weighted by Gasteiger charge is 2.05. The first-order valence-electron chi connectivity index (χ1n) is 7.45. The van der Waals surface area contributed by atoms with Crippen molar-refractivity contribution in [2.24, 2.45) is 0 Å². The number of aryl methyl sites for hydroxylation is 1. The number of benzene rings is 2. The van der Waals surface area contributed by atoms with E-state index >= 15 is 0 Å². The maximum Gasteiger partial charge on any atom is 0.328 e. The van der Waals surface area contributed by atoms with Crippen molar-refractivity contribution in [1.82, 2.24) is 0 Å². The maximum absolute atomic E-state index is 10.6. The minimum atomic E-state index is -0.980. The molecule has 0 aliphatic heterocycles. The Bertz CT molecular complexity index is 662. The largest absolute Gasteiger partial charge is 0.493 e. The molecule has 0 amide bonds. The van der Waals surface area contributed by atoms with E-state index in [-0.39, 0.29) is 0 Å². The number of carbonyl (C=O) groups is 1. The van der Waals surface area contributed by atoms with E-state index in [0.717, 1.165) is 24.5 Å². The minimum Gasteiger partial charge on any atom is -0.493 e. The predicted octanol–water partition coefficient (Wildman–Crippen LogP) is 3.80. The summed E-state index contributed by atoms with van der Waals surface area (Å²) < 4.78 is 11.1. The van der Waals surface area contributed by atoms with Crippen LogP contribution in [0.1, 0.15) is 17.5 Å². The van der Waals surface area contributed by atoms with Crippen LogP contribution in [-0.4, -0.2) is 24.8 Å². The fourth-order valence-electron chi connectivity index (χ4n) is 2.18. The molecule has 0 aromatic heterocycles. The van der Waals surface area contributed by atoms with Gasteiger partial charge in [-0.25, -0.2) is 4.79 Å². The van der Waals surface area contributed by atoms with Gasteiger partial charge in [-0.15, -0.1) is 0 Å². The van der Waals surface area contributed by atoms with Gasteiger partial charge in [0.2, 0.25) is 0 Å². The van der Waals surface area contributed by atoms with Crippen LogP contribution in [-0.2, 0) is 11.2 Å². The van der Waals surface area contributed by atoms with Crippen LogP contribution in [0.2, 0.25) is 0 Å². The van der Waals surface area contributed by atoms with Crippen LogP contribution in [0.25, 0.3) is 6.08 Å². The molecule has 0 spiro atoms. The highest BCUT2D eigenvalue weighted by molar-refractivity contribution is 5.85. The number of methoxy groups -OCH3 is 1. The number of rotatable bonds is 8. The number of carboxylic acids is 1. The third-order valence-electron chi connectivity index (χ3n) is 3.32. The third-order valence-corrected chi connectivity index (χ3v) is 3.32. The topological polar surface area (TPSA) is 55.8 Å². The molecule has 0 heterocycles. The smallest absolute Gasteiger partial charge is 0.328 e. The van der Waals surface area contributed by atoms with Crippen molar-refractivity contribution in [3.63, 3.8) is 0 Å². The minimum absolute atomic E-state index is 0.567. The van der Waals surface area contributed by atoms with Crippen LogP contribution in [0.3, 0.4) is 0 Å². The molecule has 0 bridgehead atoms. The van der Waals surface area contributed by atoms with Crippen molar-refractivity contribution in [3.05, 3.63) is 65.7 Å². The monoisotopic (exact) mass is 312 g/mol. The van der Waals surface area contributed by atoms with Gasteiger partial charge in [-0.3, -0.25) is 0 Å². The molecule has 0 radical (unpaired) electrons. The Balaban J connectivity index is 1.94. The summed E-state index contributed by atoms with van der Waals surface area (Å²) in [6.45, 7) is 0.567. The van der Waals surface area contributed by atoms with Crippen LogP contribution in [0.5, 0.6) is 11.5 Å². The summed E-state index contributed by atoms with van der Waals surface area (Å²) in [5.41, 5.74) is 2.03. The zero-order valence-corrected chi connectivity index (χ0v) is 13.1. The second-order valence-electron chi connectivity index (χ2n) is 5.02. The summed E-state index contributed by atoms with van der Waals surface area (Å²) >= 11 is 0. The highest BCUT2D eigenvalue weighted by atomic mass is 16.5. The lowest BCUT2D eigenvalue weighted by atomic mass is 10.1. The third kappa shape index (κ3) is 5.51. The van der Waals surface area contributed by atoms with Crippen LogP contribution in [0.15, 0.2) is 54.6 Å². The number of aliphatic carboxylic acids is 1. The van der Waals surface area contributed by atoms with Crippen molar-refractivity contribution < 1.29 is 19.4 Å². The van der Waals surface area contributed by atoms with Crippen LogP contribution in [0.4, 0.5) is 0 Å². The molecule has 0 saturated carbocycles. The molecule has 0 aliphatic carbocycles. The summed E-state index contributed by atoms with van der Waals surface area (Å²) in [6.07, 6.45) is 4.46. The average molecular weight is 312 g/mol. The molecular weight excluding hydrogens is 292 g/mol. The molecule has 23 heavy (non-hydrogen) atoms. The lowest BCUT2D eigenvalue weighted by Crippen LogP contribution is -2.01. The Morgan fingerprint density at radius 1 is 1.13 bits per heavy atom. The standard InChI is InChI=1S/C19H20O4/c1-22-17-11-9-16(10-12-19(20)21)14-18(17)23-13-5-8-15-6-3-2-4-7-15/h2-4,6-7,9-12,14H,5,8,13H2,1H3,(H,20,21)/b12-10+. The highest BCUT2D eigenvalue weighted by Crippen LogP contribution is 2.28. The fourth-order valence-corrected chi connectivity index (χ4v) is 2.18. The van der Waals surface area contributed by atoms with Crippen molar-refractivity contribution in [2.45, 2.75) is 12.8 Å². The van der Waals surface area contributed by atoms with Gasteiger partial charge in [0.1, 0.15) is 0 Å². The van der Waals surface area contributed by atoms with Gasteiger partial charge in [-0.1, -0.05) is 36.4 Å². The zero-order valence-electron chi connectivity index (χ0n) is 13.1. The summed E-state index contributed by atoms with van der Waals surface area (Å²) in [7, 11) is 1.58. The number of hydrogen-bond donors (Lipinski definition) is 1. The van der Waals surface area contributed by atoms with Gasteiger partial charge in [-0.2, -0.15) is 0 Å². The Kier molecular flexibility index (Phi) is 6.24. The molecule has 4 nitrogen and oxygen atoms in total. The fraction of sp³-hybridized carbons (Fsp3) is 0.211. The van der Waals surface area contributed by atoms with E-state index in [1.54, 1.807) is 25.3 Å². The second-order valence-corrected chi connectivity index (χ2v) is 5.02. The van der Waals surface area contributed by atoms with E-state index < -0.39 is 5.97 Å². The van der Waals surface area contributed by atoms with E-state index in [9.17, 15) is 4.79 Å². The number of ether oxygens (including phenoxy) is 2. The van der Waals surface area contributed by atoms with Gasteiger partial charge >= 0.3 is 5.97 Å². The first-order valence-corrected chi connectivity index (χ1v) is 7.45. The summed E-state index contributed by atoms with van der Waals surface area (Å²) in [5, 5.41) is 8.68. The van der Waals surface area contributed by atoms with Crippen molar-refractivity contribution >= 4 is 12.0 Å². The Labute approximate surface area is 136 Å². The zero-order chi connectivity index (χ0) is 16.5. The van der Waals surface area contributed by atoms with Gasteiger partial charge < -0.3 is 14.6 Å². The summed E-state index contributed by atoms with van der Waals surface area (Å²) in [4.78, 5) is 10.6. The Morgan fingerprint density at radius 2 is 1.91 bits per heavy atom. The SMILES string of the molecule is COc1ccc(/C=C/C(=O)O)cc1OCCCc1ccccc1. The summed E-state index contributed by atoms with van der Waals surface area (Å²) in [6, 6.07) is 15.6. The number of hydrogen-bond acceptors (Lipinski definition) is 3. The molecule has 0 saturated heterocycles. The first-order chi connectivity index (χ1) is 11.2. The molecule has 2 rings (SSSR count).